The van der Waals surface area contributed by atoms with Crippen molar-refractivity contribution in [2.45, 2.75) is 12.7 Å². The quantitative estimate of drug-likeness (QED) is 0.481. The zero-order valence-corrected chi connectivity index (χ0v) is 14.3. The second-order valence-electron chi connectivity index (χ2n) is 4.57. The Labute approximate surface area is 145 Å². The average Bonchev–Trinajstić information content (AvgIpc) is 2.56. The van der Waals surface area contributed by atoms with Crippen LogP contribution in [0.15, 0.2) is 58.7 Å². The molecule has 0 aliphatic rings. The third-order valence-electron chi connectivity index (χ3n) is 2.85. The first-order valence-electron chi connectivity index (χ1n) is 7.14. The Morgan fingerprint density at radius 1 is 1.26 bits per heavy atom. The molecule has 0 saturated carbocycles. The minimum atomic E-state index is 0.407. The van der Waals surface area contributed by atoms with E-state index in [1.807, 2.05) is 43.3 Å². The summed E-state index contributed by atoms with van der Waals surface area (Å²) in [7, 11) is 0. The monoisotopic (exact) mass is 347 g/mol. The summed E-state index contributed by atoms with van der Waals surface area (Å²) < 4.78 is 5.52. The van der Waals surface area contributed by atoms with Crippen LogP contribution >= 0.6 is 23.4 Å². The van der Waals surface area contributed by atoms with Crippen molar-refractivity contribution in [1.29, 1.82) is 0 Å². The van der Waals surface area contributed by atoms with E-state index in [9.17, 15) is 0 Å². The fraction of sp³-hybridized carbons (Fsp3) is 0.176. The first kappa shape index (κ1) is 17.4. The van der Waals surface area contributed by atoms with Gasteiger partial charge < -0.3 is 10.5 Å². The van der Waals surface area contributed by atoms with Gasteiger partial charge >= 0.3 is 0 Å². The van der Waals surface area contributed by atoms with Crippen molar-refractivity contribution in [2.75, 3.05) is 6.61 Å². The maximum Gasteiger partial charge on any atom is 0.180 e. The zero-order valence-electron chi connectivity index (χ0n) is 12.8. The van der Waals surface area contributed by atoms with E-state index in [4.69, 9.17) is 22.1 Å². The molecule has 2 aromatic rings. The van der Waals surface area contributed by atoms with Crippen LogP contribution in [-0.2, 0) is 5.75 Å². The van der Waals surface area contributed by atoms with Gasteiger partial charge in [0.05, 0.1) is 12.8 Å². The van der Waals surface area contributed by atoms with E-state index < -0.39 is 0 Å². The molecule has 0 saturated heterocycles. The van der Waals surface area contributed by atoms with Gasteiger partial charge in [0, 0.05) is 16.3 Å². The van der Waals surface area contributed by atoms with Crippen molar-refractivity contribution in [2.24, 2.45) is 15.9 Å². The summed E-state index contributed by atoms with van der Waals surface area (Å²) in [5.41, 5.74) is 7.81. The minimum Gasteiger partial charge on any atom is -0.493 e. The molecule has 0 radical (unpaired) electrons. The predicted molar refractivity (Wildman–Crippen MR) is 99.6 cm³/mol. The largest absolute Gasteiger partial charge is 0.493 e. The van der Waals surface area contributed by atoms with Crippen molar-refractivity contribution in [3.8, 4) is 5.75 Å². The van der Waals surface area contributed by atoms with Crippen LogP contribution in [0.3, 0.4) is 0 Å². The van der Waals surface area contributed by atoms with Crippen LogP contribution < -0.4 is 10.5 Å². The lowest BCUT2D eigenvalue weighted by Crippen LogP contribution is -2.06. The molecule has 0 amide bonds. The number of benzene rings is 2. The summed E-state index contributed by atoms with van der Waals surface area (Å²) in [5.74, 6) is 1.47. The summed E-state index contributed by atoms with van der Waals surface area (Å²) in [4.78, 5) is 0. The molecule has 4 nitrogen and oxygen atoms in total. The smallest absolute Gasteiger partial charge is 0.180 e. The topological polar surface area (TPSA) is 60.0 Å². The highest BCUT2D eigenvalue weighted by Gasteiger charge is 2.02. The van der Waals surface area contributed by atoms with Crippen LogP contribution in [0.5, 0.6) is 5.75 Å². The van der Waals surface area contributed by atoms with E-state index in [0.29, 0.717) is 22.5 Å². The summed E-state index contributed by atoms with van der Waals surface area (Å²) in [6, 6.07) is 15.4. The van der Waals surface area contributed by atoms with Gasteiger partial charge in [-0.2, -0.15) is 5.10 Å². The van der Waals surface area contributed by atoms with E-state index in [2.05, 4.69) is 10.2 Å². The molecule has 0 aliphatic heterocycles. The zero-order chi connectivity index (χ0) is 16.5. The van der Waals surface area contributed by atoms with Gasteiger partial charge in [0.25, 0.3) is 0 Å². The molecule has 120 valence electrons. The van der Waals surface area contributed by atoms with Gasteiger partial charge in [0.1, 0.15) is 5.75 Å². The van der Waals surface area contributed by atoms with Crippen LogP contribution in [0.1, 0.15) is 18.1 Å². The maximum atomic E-state index is 5.99. The second kappa shape index (κ2) is 9.22. The normalized spacial score (nSPS) is 11.8. The molecule has 6 heteroatoms. The number of nitrogens with zero attached hydrogens (tertiary/aromatic N) is 2. The van der Waals surface area contributed by atoms with Crippen molar-refractivity contribution < 1.29 is 4.74 Å². The summed E-state index contributed by atoms with van der Waals surface area (Å²) in [6.07, 6.45) is 1.59. The van der Waals surface area contributed by atoms with E-state index in [1.165, 1.54) is 17.3 Å². The minimum absolute atomic E-state index is 0.407. The Morgan fingerprint density at radius 3 is 2.78 bits per heavy atom. The summed E-state index contributed by atoms with van der Waals surface area (Å²) in [6.45, 7) is 2.49. The molecule has 0 spiro atoms. The Hall–Kier alpha value is -1.98. The van der Waals surface area contributed by atoms with Crippen LogP contribution in [0.2, 0.25) is 5.02 Å². The summed E-state index contributed by atoms with van der Waals surface area (Å²) in [5, 5.41) is 9.03. The van der Waals surface area contributed by atoms with Gasteiger partial charge in [0.15, 0.2) is 5.17 Å². The number of amidine groups is 1. The van der Waals surface area contributed by atoms with Gasteiger partial charge in [0.2, 0.25) is 0 Å². The molecule has 0 aromatic heterocycles. The number of nitrogens with two attached hydrogens (primary N) is 1. The number of thioether (sulfide) groups is 1. The third-order valence-corrected chi connectivity index (χ3v) is 3.94. The van der Waals surface area contributed by atoms with Crippen LogP contribution in [0.4, 0.5) is 0 Å². The Kier molecular flexibility index (Phi) is 6.97. The van der Waals surface area contributed by atoms with Gasteiger partial charge in [-0.1, -0.05) is 53.7 Å². The first-order valence-corrected chi connectivity index (χ1v) is 8.51. The number of halogens is 1. The van der Waals surface area contributed by atoms with Crippen molar-refractivity contribution >= 4 is 34.7 Å². The SMILES string of the molecule is CCOc1ccc(Cl)cc1C=NN=C(N)SCc1ccccc1. The van der Waals surface area contributed by atoms with E-state index in [0.717, 1.165) is 11.3 Å². The molecule has 2 N–H and O–H groups in total. The molecule has 0 heterocycles. The van der Waals surface area contributed by atoms with Crippen molar-refractivity contribution in [1.82, 2.24) is 0 Å². The predicted octanol–water partition coefficient (Wildman–Crippen LogP) is 4.32. The van der Waals surface area contributed by atoms with E-state index >= 15 is 0 Å². The van der Waals surface area contributed by atoms with Crippen LogP contribution in [0.25, 0.3) is 0 Å². The van der Waals surface area contributed by atoms with Crippen molar-refractivity contribution in [3.05, 3.63) is 64.7 Å². The van der Waals surface area contributed by atoms with Gasteiger partial charge in [-0.25, -0.2) is 0 Å². The van der Waals surface area contributed by atoms with Gasteiger partial charge in [-0.3, -0.25) is 0 Å². The standard InChI is InChI=1S/C17H18ClN3OS/c1-2-22-16-9-8-15(18)10-14(16)11-20-21-17(19)23-12-13-6-4-3-5-7-13/h3-11H,2,12H2,1H3,(H2,19,21). The first-order chi connectivity index (χ1) is 11.2. The molecule has 0 atom stereocenters. The van der Waals surface area contributed by atoms with E-state index in [1.54, 1.807) is 18.3 Å². The van der Waals surface area contributed by atoms with Crippen molar-refractivity contribution in [3.63, 3.8) is 0 Å². The maximum absolute atomic E-state index is 5.99. The Bertz CT molecular complexity index is 689. The molecule has 0 aliphatic carbocycles. The van der Waals surface area contributed by atoms with Gasteiger partial charge in [-0.15, -0.1) is 5.10 Å². The fourth-order valence-electron chi connectivity index (χ4n) is 1.82. The number of ether oxygens (including phenoxy) is 1. The van der Waals surface area contributed by atoms with E-state index in [-0.39, 0.29) is 0 Å². The molecule has 0 fully saturated rings. The fourth-order valence-corrected chi connectivity index (χ4v) is 2.61. The lowest BCUT2D eigenvalue weighted by molar-refractivity contribution is 0.340. The highest BCUT2D eigenvalue weighted by Crippen LogP contribution is 2.21. The Morgan fingerprint density at radius 2 is 2.04 bits per heavy atom. The molecule has 0 bridgehead atoms. The van der Waals surface area contributed by atoms with Crippen LogP contribution in [0, 0.1) is 0 Å². The molecule has 23 heavy (non-hydrogen) atoms. The van der Waals surface area contributed by atoms with Crippen LogP contribution in [-0.4, -0.2) is 18.0 Å². The average molecular weight is 348 g/mol. The highest BCUT2D eigenvalue weighted by atomic mass is 35.5. The highest BCUT2D eigenvalue weighted by molar-refractivity contribution is 8.13. The molecular formula is C17H18ClN3OS. The molecular weight excluding hydrogens is 330 g/mol. The molecule has 0 unspecified atom stereocenters. The lowest BCUT2D eigenvalue weighted by atomic mass is 10.2. The molecule has 2 aromatic carbocycles. The number of hydrogen-bond donors (Lipinski definition) is 1. The second-order valence-corrected chi connectivity index (χ2v) is 6.00. The number of rotatable bonds is 6. The molecule has 2 rings (SSSR count). The number of hydrogen-bond acceptors (Lipinski definition) is 4. The Balaban J connectivity index is 1.98. The third kappa shape index (κ3) is 5.96. The lowest BCUT2D eigenvalue weighted by Gasteiger charge is -2.06. The van der Waals surface area contributed by atoms with Gasteiger partial charge in [-0.05, 0) is 30.7 Å². The summed E-state index contributed by atoms with van der Waals surface area (Å²) >= 11 is 7.43.